The van der Waals surface area contributed by atoms with Gasteiger partial charge in [0.25, 0.3) is 0 Å². The van der Waals surface area contributed by atoms with Crippen LogP contribution in [0.2, 0.25) is 0 Å². The summed E-state index contributed by atoms with van der Waals surface area (Å²) in [6.45, 7) is 0.579. The lowest BCUT2D eigenvalue weighted by Crippen LogP contribution is -2.02. The van der Waals surface area contributed by atoms with Gasteiger partial charge in [0.05, 0.1) is 12.2 Å². The molecule has 2 rings (SSSR count). The van der Waals surface area contributed by atoms with E-state index in [-0.39, 0.29) is 0 Å². The molecule has 0 spiro atoms. The quantitative estimate of drug-likeness (QED) is 0.596. The van der Waals surface area contributed by atoms with Gasteiger partial charge in [-0.05, 0) is 16.5 Å². The van der Waals surface area contributed by atoms with Crippen LogP contribution in [0.3, 0.4) is 0 Å². The molecule has 0 unspecified atom stereocenters. The zero-order chi connectivity index (χ0) is 8.23. The smallest absolute Gasteiger partial charge is 0.138 e. The van der Waals surface area contributed by atoms with E-state index in [0.717, 1.165) is 5.69 Å². The Morgan fingerprint density at radius 2 is 2.42 bits per heavy atom. The summed E-state index contributed by atoms with van der Waals surface area (Å²) in [5, 5.41) is 10.7. The Balaban J connectivity index is 2.15. The Morgan fingerprint density at radius 1 is 1.42 bits per heavy atom. The van der Waals surface area contributed by atoms with Crippen molar-refractivity contribution in [2.75, 3.05) is 0 Å². The second kappa shape index (κ2) is 3.04. The number of hydrogen-bond acceptors (Lipinski definition) is 5. The minimum Gasteiger partial charge on any atom is -0.245 e. The minimum absolute atomic E-state index is 0.579. The van der Waals surface area contributed by atoms with Crippen molar-refractivity contribution in [2.24, 2.45) is 0 Å². The van der Waals surface area contributed by atoms with Crippen molar-refractivity contribution >= 4 is 0 Å². The van der Waals surface area contributed by atoms with E-state index < -0.39 is 0 Å². The molecule has 12 heavy (non-hydrogen) atoms. The standard InChI is InChI=1S/C6H6N6/c1-2-7-4-8-6(1)3-12-5-9-10-11-12/h1-2,4-5H,3H2. The van der Waals surface area contributed by atoms with E-state index in [1.54, 1.807) is 17.2 Å². The molecule has 2 heterocycles. The van der Waals surface area contributed by atoms with Crippen molar-refractivity contribution in [2.45, 2.75) is 6.54 Å². The zero-order valence-corrected chi connectivity index (χ0v) is 6.20. The van der Waals surface area contributed by atoms with Crippen molar-refractivity contribution in [3.05, 3.63) is 30.6 Å². The first-order chi connectivity index (χ1) is 5.95. The van der Waals surface area contributed by atoms with Gasteiger partial charge in [-0.3, -0.25) is 0 Å². The van der Waals surface area contributed by atoms with Crippen LogP contribution in [0, 0.1) is 0 Å². The lowest BCUT2D eigenvalue weighted by molar-refractivity contribution is 0.636. The number of rotatable bonds is 2. The summed E-state index contributed by atoms with van der Waals surface area (Å²) in [6, 6.07) is 1.82. The molecule has 0 aliphatic rings. The third-order valence-corrected chi connectivity index (χ3v) is 1.36. The van der Waals surface area contributed by atoms with Crippen LogP contribution in [0.1, 0.15) is 5.69 Å². The number of nitrogens with zero attached hydrogens (tertiary/aromatic N) is 6. The number of aromatic nitrogens is 6. The maximum atomic E-state index is 4.03. The predicted molar refractivity (Wildman–Crippen MR) is 39.0 cm³/mol. The summed E-state index contributed by atoms with van der Waals surface area (Å²) < 4.78 is 1.60. The fourth-order valence-corrected chi connectivity index (χ4v) is 0.830. The van der Waals surface area contributed by atoms with Crippen LogP contribution < -0.4 is 0 Å². The molecule has 0 aliphatic carbocycles. The van der Waals surface area contributed by atoms with Crippen molar-refractivity contribution in [3.63, 3.8) is 0 Å². The van der Waals surface area contributed by atoms with Crippen LogP contribution in [0.4, 0.5) is 0 Å². The van der Waals surface area contributed by atoms with Gasteiger partial charge in [-0.15, -0.1) is 5.10 Å². The second-order valence-electron chi connectivity index (χ2n) is 2.21. The Kier molecular flexibility index (Phi) is 1.73. The highest BCUT2D eigenvalue weighted by molar-refractivity contribution is 4.97. The first-order valence-corrected chi connectivity index (χ1v) is 3.41. The van der Waals surface area contributed by atoms with E-state index in [1.165, 1.54) is 6.33 Å². The molecule has 60 valence electrons. The van der Waals surface area contributed by atoms with Gasteiger partial charge in [-0.2, -0.15) is 0 Å². The maximum absolute atomic E-state index is 4.03. The molecule has 2 aromatic heterocycles. The lowest BCUT2D eigenvalue weighted by Gasteiger charge is -1.96. The Labute approximate surface area is 68.3 Å². The highest BCUT2D eigenvalue weighted by atomic mass is 15.5. The highest BCUT2D eigenvalue weighted by Crippen LogP contribution is 1.92. The van der Waals surface area contributed by atoms with Gasteiger partial charge in [0.1, 0.15) is 12.7 Å². The van der Waals surface area contributed by atoms with E-state index in [0.29, 0.717) is 6.54 Å². The molecule has 0 bridgehead atoms. The average Bonchev–Trinajstić information content (AvgIpc) is 2.59. The van der Waals surface area contributed by atoms with Crippen molar-refractivity contribution in [1.82, 2.24) is 30.2 Å². The molecular formula is C6H6N6. The van der Waals surface area contributed by atoms with Gasteiger partial charge < -0.3 is 0 Å². The minimum atomic E-state index is 0.579. The van der Waals surface area contributed by atoms with E-state index in [1.807, 2.05) is 6.07 Å². The first-order valence-electron chi connectivity index (χ1n) is 3.41. The Morgan fingerprint density at radius 3 is 3.08 bits per heavy atom. The lowest BCUT2D eigenvalue weighted by atomic mass is 10.4. The van der Waals surface area contributed by atoms with Crippen LogP contribution in [0.5, 0.6) is 0 Å². The molecule has 0 fully saturated rings. The van der Waals surface area contributed by atoms with Crippen LogP contribution in [0.25, 0.3) is 0 Å². The molecule has 0 atom stereocenters. The summed E-state index contributed by atoms with van der Waals surface area (Å²) in [6.07, 6.45) is 4.73. The van der Waals surface area contributed by atoms with Crippen molar-refractivity contribution < 1.29 is 0 Å². The average molecular weight is 162 g/mol. The van der Waals surface area contributed by atoms with Gasteiger partial charge in [-0.25, -0.2) is 14.6 Å². The number of hydrogen-bond donors (Lipinski definition) is 0. The summed E-state index contributed by atoms with van der Waals surface area (Å²) in [5.74, 6) is 0. The number of tetrazole rings is 1. The molecule has 0 radical (unpaired) electrons. The van der Waals surface area contributed by atoms with Crippen molar-refractivity contribution in [3.8, 4) is 0 Å². The normalized spacial score (nSPS) is 10.0. The van der Waals surface area contributed by atoms with Crippen LogP contribution >= 0.6 is 0 Å². The fourth-order valence-electron chi connectivity index (χ4n) is 0.830. The highest BCUT2D eigenvalue weighted by Gasteiger charge is 1.95. The molecule has 6 heteroatoms. The van der Waals surface area contributed by atoms with Gasteiger partial charge in [0.2, 0.25) is 0 Å². The summed E-state index contributed by atoms with van der Waals surface area (Å²) in [7, 11) is 0. The van der Waals surface area contributed by atoms with Gasteiger partial charge in [0, 0.05) is 6.20 Å². The molecule has 0 saturated heterocycles. The molecule has 0 N–H and O–H groups in total. The molecule has 2 aromatic rings. The Hall–Kier alpha value is -1.85. The zero-order valence-electron chi connectivity index (χ0n) is 6.20. The molecule has 0 aromatic carbocycles. The third kappa shape index (κ3) is 1.42. The summed E-state index contributed by atoms with van der Waals surface area (Å²) in [4.78, 5) is 7.83. The second-order valence-corrected chi connectivity index (χ2v) is 2.21. The molecular weight excluding hydrogens is 156 g/mol. The van der Waals surface area contributed by atoms with E-state index in [4.69, 9.17) is 0 Å². The monoisotopic (exact) mass is 162 g/mol. The van der Waals surface area contributed by atoms with Gasteiger partial charge >= 0.3 is 0 Å². The van der Waals surface area contributed by atoms with Crippen molar-refractivity contribution in [1.29, 1.82) is 0 Å². The van der Waals surface area contributed by atoms with E-state index in [9.17, 15) is 0 Å². The predicted octanol–water partition coefficient (Wildman–Crippen LogP) is -0.489. The van der Waals surface area contributed by atoms with E-state index in [2.05, 4.69) is 25.5 Å². The van der Waals surface area contributed by atoms with Gasteiger partial charge in [0.15, 0.2) is 0 Å². The SMILES string of the molecule is c1cc(Cn2cnnn2)ncn1. The molecule has 0 amide bonds. The van der Waals surface area contributed by atoms with Crippen LogP contribution in [0.15, 0.2) is 24.9 Å². The van der Waals surface area contributed by atoms with Crippen LogP contribution in [-0.4, -0.2) is 30.2 Å². The fraction of sp³-hybridized carbons (Fsp3) is 0.167. The first kappa shape index (κ1) is 6.84. The molecule has 0 aliphatic heterocycles. The molecule has 0 saturated carbocycles. The Bertz CT molecular complexity index is 328. The summed E-state index contributed by atoms with van der Waals surface area (Å²) >= 11 is 0. The topological polar surface area (TPSA) is 69.4 Å². The van der Waals surface area contributed by atoms with Gasteiger partial charge in [-0.1, -0.05) is 0 Å². The third-order valence-electron chi connectivity index (χ3n) is 1.36. The summed E-state index contributed by atoms with van der Waals surface area (Å²) in [5.41, 5.74) is 0.886. The molecule has 6 nitrogen and oxygen atoms in total. The maximum Gasteiger partial charge on any atom is 0.138 e. The van der Waals surface area contributed by atoms with Crippen LogP contribution in [-0.2, 0) is 6.54 Å². The van der Waals surface area contributed by atoms with E-state index >= 15 is 0 Å². The largest absolute Gasteiger partial charge is 0.245 e.